The number of anilines is 1. The molecule has 5 nitrogen and oxygen atoms in total. The van der Waals surface area contributed by atoms with E-state index in [2.05, 4.69) is 36.7 Å². The maximum absolute atomic E-state index is 14.7. The van der Waals surface area contributed by atoms with Gasteiger partial charge in [-0.25, -0.2) is 4.39 Å². The quantitative estimate of drug-likeness (QED) is 0.407. The third kappa shape index (κ3) is 3.60. The Balaban J connectivity index is 1.97. The van der Waals surface area contributed by atoms with Crippen molar-refractivity contribution in [3.05, 3.63) is 69.5 Å². The first kappa shape index (κ1) is 18.8. The summed E-state index contributed by atoms with van der Waals surface area (Å²) in [5, 5.41) is 10.7. The summed E-state index contributed by atoms with van der Waals surface area (Å²) in [5.41, 5.74) is 3.71. The number of rotatable bonds is 4. The molecule has 140 valence electrons. The fourth-order valence-electron chi connectivity index (χ4n) is 3.60. The van der Waals surface area contributed by atoms with E-state index in [4.69, 9.17) is 0 Å². The van der Waals surface area contributed by atoms with Crippen molar-refractivity contribution in [3.63, 3.8) is 0 Å². The van der Waals surface area contributed by atoms with Crippen LogP contribution in [0.1, 0.15) is 38.8 Å². The van der Waals surface area contributed by atoms with Crippen molar-refractivity contribution >= 4 is 28.8 Å². The highest BCUT2D eigenvalue weighted by molar-refractivity contribution is 5.89. The third-order valence-corrected chi connectivity index (χ3v) is 4.83. The number of nitro benzene ring substituents is 1. The second-order valence-corrected chi connectivity index (χ2v) is 7.15. The van der Waals surface area contributed by atoms with E-state index < -0.39 is 4.92 Å². The minimum absolute atomic E-state index is 0.00283. The molecule has 1 heterocycles. The van der Waals surface area contributed by atoms with Crippen molar-refractivity contribution in [2.24, 2.45) is 4.99 Å². The van der Waals surface area contributed by atoms with Crippen LogP contribution in [-0.2, 0) is 0 Å². The van der Waals surface area contributed by atoms with Gasteiger partial charge in [0.2, 0.25) is 0 Å². The number of nitro groups is 1. The van der Waals surface area contributed by atoms with Crippen LogP contribution in [0.5, 0.6) is 0 Å². The Bertz CT molecular complexity index is 947. The molecule has 0 fully saturated rings. The van der Waals surface area contributed by atoms with Crippen LogP contribution in [0.2, 0.25) is 0 Å². The summed E-state index contributed by atoms with van der Waals surface area (Å²) >= 11 is 0. The molecule has 6 heteroatoms. The van der Waals surface area contributed by atoms with E-state index in [1.54, 1.807) is 6.07 Å². The molecule has 0 bridgehead atoms. The number of allylic oxidation sites excluding steroid dienone is 1. The number of fused-ring (bicyclic) bond motifs is 1. The number of hydrogen-bond donors (Lipinski definition) is 0. The van der Waals surface area contributed by atoms with E-state index >= 15 is 0 Å². The van der Waals surface area contributed by atoms with Crippen LogP contribution in [0.4, 0.5) is 21.5 Å². The highest BCUT2D eigenvalue weighted by Gasteiger charge is 2.30. The zero-order valence-electron chi connectivity index (χ0n) is 15.9. The van der Waals surface area contributed by atoms with Crippen LogP contribution >= 0.6 is 0 Å². The van der Waals surface area contributed by atoms with Crippen molar-refractivity contribution < 1.29 is 9.31 Å². The van der Waals surface area contributed by atoms with E-state index in [1.807, 2.05) is 13.0 Å². The molecule has 0 amide bonds. The molecule has 2 aromatic carbocycles. The normalized spacial score (nSPS) is 15.6. The summed E-state index contributed by atoms with van der Waals surface area (Å²) < 4.78 is 14.7. The Morgan fingerprint density at radius 1 is 1.26 bits per heavy atom. The van der Waals surface area contributed by atoms with Crippen molar-refractivity contribution in [3.8, 4) is 0 Å². The van der Waals surface area contributed by atoms with Crippen LogP contribution in [0, 0.1) is 15.9 Å². The molecule has 0 aliphatic carbocycles. The van der Waals surface area contributed by atoms with Gasteiger partial charge in [0.25, 0.3) is 5.69 Å². The monoisotopic (exact) mass is 367 g/mol. The molecule has 27 heavy (non-hydrogen) atoms. The largest absolute Gasteiger partial charge is 0.363 e. The lowest BCUT2D eigenvalue weighted by Crippen LogP contribution is -2.45. The molecule has 0 radical (unpaired) electrons. The molecule has 0 unspecified atom stereocenters. The van der Waals surface area contributed by atoms with Gasteiger partial charge in [0.05, 0.1) is 16.1 Å². The number of non-ortho nitro benzene ring substituents is 1. The van der Waals surface area contributed by atoms with Gasteiger partial charge in [-0.2, -0.15) is 0 Å². The summed E-state index contributed by atoms with van der Waals surface area (Å²) in [4.78, 5) is 16.7. The Kier molecular flexibility index (Phi) is 4.83. The second-order valence-electron chi connectivity index (χ2n) is 7.15. The Hall–Kier alpha value is -3.02. The molecular formula is C21H22FN3O2. The number of halogens is 1. The molecule has 1 aliphatic heterocycles. The minimum Gasteiger partial charge on any atom is -0.363 e. The predicted molar refractivity (Wildman–Crippen MR) is 108 cm³/mol. The predicted octanol–water partition coefficient (Wildman–Crippen LogP) is 5.51. The molecule has 2 aromatic rings. The molecule has 0 N–H and O–H groups in total. The van der Waals surface area contributed by atoms with Crippen LogP contribution < -0.4 is 4.90 Å². The van der Waals surface area contributed by atoms with Crippen molar-refractivity contribution in [2.45, 2.75) is 33.2 Å². The van der Waals surface area contributed by atoms with Crippen molar-refractivity contribution in [1.82, 2.24) is 0 Å². The van der Waals surface area contributed by atoms with Gasteiger partial charge in [-0.3, -0.25) is 15.1 Å². The Morgan fingerprint density at radius 2 is 1.93 bits per heavy atom. The fraction of sp³-hybridized carbons (Fsp3) is 0.286. The minimum atomic E-state index is -0.466. The third-order valence-electron chi connectivity index (χ3n) is 4.83. The maximum Gasteiger partial charge on any atom is 0.269 e. The highest BCUT2D eigenvalue weighted by Crippen LogP contribution is 2.39. The SMILES string of the molecule is CCN1c2cc(F)c(C=Nc3ccc([N+](=O)[O-])cc3)cc2C(C)=CC1(C)C. The first-order valence-electron chi connectivity index (χ1n) is 8.82. The molecule has 3 rings (SSSR count). The van der Waals surface area contributed by atoms with Gasteiger partial charge in [-0.05, 0) is 57.5 Å². The number of likely N-dealkylation sites (N-methyl/N-ethyl adjacent to an activating group) is 1. The molecule has 0 saturated heterocycles. The average molecular weight is 367 g/mol. The molecular weight excluding hydrogens is 345 g/mol. The standard InChI is InChI=1S/C21H22FN3O2/c1-5-24-20-11-19(22)15(10-18(20)14(2)12-21(24,3)4)13-23-16-6-8-17(9-7-16)25(26)27/h6-13H,5H2,1-4H3. The van der Waals surface area contributed by atoms with E-state index in [1.165, 1.54) is 30.5 Å². The van der Waals surface area contributed by atoms with E-state index in [0.29, 0.717) is 11.3 Å². The zero-order valence-corrected chi connectivity index (χ0v) is 15.9. The van der Waals surface area contributed by atoms with Gasteiger partial charge in [0.15, 0.2) is 0 Å². The van der Waals surface area contributed by atoms with E-state index in [0.717, 1.165) is 23.4 Å². The highest BCUT2D eigenvalue weighted by atomic mass is 19.1. The van der Waals surface area contributed by atoms with E-state index in [-0.39, 0.29) is 17.0 Å². The zero-order chi connectivity index (χ0) is 19.8. The maximum atomic E-state index is 14.7. The molecule has 0 saturated carbocycles. The summed E-state index contributed by atoms with van der Waals surface area (Å²) in [6.07, 6.45) is 3.65. The van der Waals surface area contributed by atoms with Gasteiger partial charge in [-0.15, -0.1) is 0 Å². The lowest BCUT2D eigenvalue weighted by Gasteiger charge is -2.42. The van der Waals surface area contributed by atoms with Gasteiger partial charge in [0.1, 0.15) is 5.82 Å². The number of hydrogen-bond acceptors (Lipinski definition) is 4. The first-order chi connectivity index (χ1) is 12.7. The fourth-order valence-corrected chi connectivity index (χ4v) is 3.60. The van der Waals surface area contributed by atoms with E-state index in [9.17, 15) is 14.5 Å². The summed E-state index contributed by atoms with van der Waals surface area (Å²) in [5.74, 6) is -0.344. The van der Waals surface area contributed by atoms with Crippen molar-refractivity contribution in [1.29, 1.82) is 0 Å². The molecule has 0 spiro atoms. The second kappa shape index (κ2) is 6.95. The van der Waals surface area contributed by atoms with Gasteiger partial charge in [0, 0.05) is 41.7 Å². The lowest BCUT2D eigenvalue weighted by atomic mass is 9.88. The van der Waals surface area contributed by atoms with Crippen LogP contribution in [-0.4, -0.2) is 23.2 Å². The van der Waals surface area contributed by atoms with Gasteiger partial charge >= 0.3 is 0 Å². The van der Waals surface area contributed by atoms with Gasteiger partial charge < -0.3 is 4.90 Å². The average Bonchev–Trinajstić information content (AvgIpc) is 2.60. The van der Waals surface area contributed by atoms with Crippen LogP contribution in [0.15, 0.2) is 47.5 Å². The van der Waals surface area contributed by atoms with Crippen molar-refractivity contribution in [2.75, 3.05) is 11.4 Å². The van der Waals surface area contributed by atoms with Crippen LogP contribution in [0.25, 0.3) is 5.57 Å². The molecule has 1 aliphatic rings. The summed E-state index contributed by atoms with van der Waals surface area (Å²) in [7, 11) is 0. The lowest BCUT2D eigenvalue weighted by molar-refractivity contribution is -0.384. The summed E-state index contributed by atoms with van der Waals surface area (Å²) in [6.45, 7) is 9.10. The Morgan fingerprint density at radius 3 is 2.52 bits per heavy atom. The smallest absolute Gasteiger partial charge is 0.269 e. The molecule has 0 aromatic heterocycles. The number of aliphatic imine (C=N–C) groups is 1. The first-order valence-corrected chi connectivity index (χ1v) is 8.82. The summed E-state index contributed by atoms with van der Waals surface area (Å²) in [6, 6.07) is 9.21. The molecule has 0 atom stereocenters. The van der Waals surface area contributed by atoms with Gasteiger partial charge in [-0.1, -0.05) is 6.08 Å². The topological polar surface area (TPSA) is 58.7 Å². The Labute approximate surface area is 158 Å². The van der Waals surface area contributed by atoms with Crippen LogP contribution in [0.3, 0.4) is 0 Å². The number of nitrogens with zero attached hydrogens (tertiary/aromatic N) is 3. The number of benzene rings is 2.